The molecule has 94 valence electrons. The third kappa shape index (κ3) is 2.56. The van der Waals surface area contributed by atoms with Gasteiger partial charge in [-0.25, -0.2) is 9.97 Å². The molecule has 1 aromatic heterocycles. The highest BCUT2D eigenvalue weighted by molar-refractivity contribution is 5.27. The van der Waals surface area contributed by atoms with Gasteiger partial charge in [-0.1, -0.05) is 12.8 Å². The Kier molecular flexibility index (Phi) is 3.91. The van der Waals surface area contributed by atoms with Gasteiger partial charge in [0.1, 0.15) is 17.6 Å². The Hall–Kier alpha value is -1.20. The number of rotatable bonds is 4. The predicted octanol–water partition coefficient (Wildman–Crippen LogP) is 1.13. The van der Waals surface area contributed by atoms with E-state index in [4.69, 9.17) is 10.5 Å². The number of ether oxygens (including phenoxy) is 1. The molecule has 1 aliphatic rings. The normalized spacial score (nSPS) is 18.3. The molecule has 1 atom stereocenters. The van der Waals surface area contributed by atoms with Gasteiger partial charge in [0.15, 0.2) is 5.75 Å². The highest BCUT2D eigenvalue weighted by Gasteiger charge is 2.22. The summed E-state index contributed by atoms with van der Waals surface area (Å²) < 4.78 is 5.15. The maximum Gasteiger partial charge on any atom is 0.161 e. The van der Waals surface area contributed by atoms with Gasteiger partial charge in [-0.3, -0.25) is 0 Å². The largest absolute Gasteiger partial charge is 0.493 e. The molecule has 1 aromatic rings. The Morgan fingerprint density at radius 1 is 1.53 bits per heavy atom. The van der Waals surface area contributed by atoms with Crippen molar-refractivity contribution in [3.63, 3.8) is 0 Å². The lowest BCUT2D eigenvalue weighted by Crippen LogP contribution is -2.16. The Morgan fingerprint density at radius 3 is 2.82 bits per heavy atom. The second kappa shape index (κ2) is 5.42. The van der Waals surface area contributed by atoms with Crippen molar-refractivity contribution in [1.29, 1.82) is 0 Å². The van der Waals surface area contributed by atoms with Crippen LogP contribution in [0.5, 0.6) is 5.75 Å². The van der Waals surface area contributed by atoms with E-state index >= 15 is 0 Å². The minimum absolute atomic E-state index is 0.136. The Morgan fingerprint density at radius 2 is 2.24 bits per heavy atom. The van der Waals surface area contributed by atoms with Crippen LogP contribution in [0, 0.1) is 0 Å². The first kappa shape index (κ1) is 12.3. The Balaban J connectivity index is 2.30. The molecule has 0 saturated heterocycles. The standard InChI is InChI=1S/C12H19N3O2/c1-17-10-7-14-12(8-4-2-3-5-8)15-11(10)9(16)6-13/h7-9,16H,2-6,13H2,1H3. The summed E-state index contributed by atoms with van der Waals surface area (Å²) in [5.74, 6) is 1.74. The van der Waals surface area contributed by atoms with Crippen LogP contribution in [0.25, 0.3) is 0 Å². The number of hydrogen-bond acceptors (Lipinski definition) is 5. The fourth-order valence-electron chi connectivity index (χ4n) is 2.29. The molecule has 0 bridgehead atoms. The molecule has 0 amide bonds. The summed E-state index contributed by atoms with van der Waals surface area (Å²) in [4.78, 5) is 8.75. The molecule has 1 aliphatic carbocycles. The summed E-state index contributed by atoms with van der Waals surface area (Å²) in [5, 5.41) is 9.81. The maximum absolute atomic E-state index is 9.81. The fourth-order valence-corrected chi connectivity index (χ4v) is 2.29. The van der Waals surface area contributed by atoms with Crippen LogP contribution in [0.4, 0.5) is 0 Å². The Bertz CT molecular complexity index is 378. The van der Waals surface area contributed by atoms with Crippen LogP contribution in [0.3, 0.4) is 0 Å². The summed E-state index contributed by atoms with van der Waals surface area (Å²) in [6.45, 7) is 0.136. The molecule has 3 N–H and O–H groups in total. The number of nitrogens with zero attached hydrogens (tertiary/aromatic N) is 2. The van der Waals surface area contributed by atoms with Crippen molar-refractivity contribution in [3.05, 3.63) is 17.7 Å². The zero-order valence-corrected chi connectivity index (χ0v) is 10.1. The maximum atomic E-state index is 9.81. The summed E-state index contributed by atoms with van der Waals surface area (Å²) in [7, 11) is 1.54. The van der Waals surface area contributed by atoms with Crippen LogP contribution in [0.2, 0.25) is 0 Å². The lowest BCUT2D eigenvalue weighted by atomic mass is 10.1. The zero-order valence-electron chi connectivity index (χ0n) is 10.1. The van der Waals surface area contributed by atoms with Crippen molar-refractivity contribution in [2.45, 2.75) is 37.7 Å². The smallest absolute Gasteiger partial charge is 0.161 e. The summed E-state index contributed by atoms with van der Waals surface area (Å²) in [5.41, 5.74) is 5.97. The summed E-state index contributed by atoms with van der Waals surface area (Å²) in [6, 6.07) is 0. The molecule has 1 fully saturated rings. The minimum atomic E-state index is -0.784. The van der Waals surface area contributed by atoms with Gasteiger partial charge >= 0.3 is 0 Å². The van der Waals surface area contributed by atoms with E-state index in [1.54, 1.807) is 13.3 Å². The number of aliphatic hydroxyl groups is 1. The van der Waals surface area contributed by atoms with Crippen LogP contribution in [0.15, 0.2) is 6.20 Å². The summed E-state index contributed by atoms with van der Waals surface area (Å²) in [6.07, 6.45) is 5.57. The van der Waals surface area contributed by atoms with E-state index in [-0.39, 0.29) is 6.54 Å². The Labute approximate surface area is 101 Å². The first-order chi connectivity index (χ1) is 8.26. The van der Waals surface area contributed by atoms with Gasteiger partial charge in [0.2, 0.25) is 0 Å². The average molecular weight is 237 g/mol. The topological polar surface area (TPSA) is 81.3 Å². The highest BCUT2D eigenvalue weighted by Crippen LogP contribution is 2.33. The third-order valence-corrected chi connectivity index (χ3v) is 3.28. The van der Waals surface area contributed by atoms with Gasteiger partial charge < -0.3 is 15.6 Å². The van der Waals surface area contributed by atoms with E-state index in [0.717, 1.165) is 18.7 Å². The molecule has 0 aromatic carbocycles. The molecule has 1 unspecified atom stereocenters. The first-order valence-corrected chi connectivity index (χ1v) is 6.05. The number of methoxy groups -OCH3 is 1. The molecule has 0 spiro atoms. The van der Waals surface area contributed by atoms with Gasteiger partial charge in [0.05, 0.1) is 13.3 Å². The van der Waals surface area contributed by atoms with Crippen molar-refractivity contribution in [2.24, 2.45) is 5.73 Å². The van der Waals surface area contributed by atoms with E-state index in [2.05, 4.69) is 9.97 Å². The minimum Gasteiger partial charge on any atom is -0.493 e. The number of hydrogen-bond donors (Lipinski definition) is 2. The summed E-state index contributed by atoms with van der Waals surface area (Å²) >= 11 is 0. The first-order valence-electron chi connectivity index (χ1n) is 6.05. The molecule has 2 rings (SSSR count). The fraction of sp³-hybridized carbons (Fsp3) is 0.667. The molecule has 0 radical (unpaired) electrons. The SMILES string of the molecule is COc1cnc(C2CCCC2)nc1C(O)CN. The second-order valence-electron chi connectivity index (χ2n) is 4.41. The molecule has 1 heterocycles. The molecule has 17 heavy (non-hydrogen) atoms. The van der Waals surface area contributed by atoms with Crippen molar-refractivity contribution in [3.8, 4) is 5.75 Å². The molecule has 1 saturated carbocycles. The van der Waals surface area contributed by atoms with E-state index in [1.807, 2.05) is 0 Å². The van der Waals surface area contributed by atoms with Crippen LogP contribution < -0.4 is 10.5 Å². The van der Waals surface area contributed by atoms with E-state index in [0.29, 0.717) is 17.4 Å². The van der Waals surface area contributed by atoms with Crippen LogP contribution in [0.1, 0.15) is 49.2 Å². The second-order valence-corrected chi connectivity index (χ2v) is 4.41. The van der Waals surface area contributed by atoms with Crippen LogP contribution in [-0.2, 0) is 0 Å². The van der Waals surface area contributed by atoms with Crippen LogP contribution >= 0.6 is 0 Å². The molecule has 0 aliphatic heterocycles. The van der Waals surface area contributed by atoms with Crippen LogP contribution in [-0.4, -0.2) is 28.7 Å². The molecular weight excluding hydrogens is 218 g/mol. The zero-order chi connectivity index (χ0) is 12.3. The molecule has 5 heteroatoms. The van der Waals surface area contributed by atoms with Crippen molar-refractivity contribution >= 4 is 0 Å². The number of aromatic nitrogens is 2. The van der Waals surface area contributed by atoms with E-state index in [1.165, 1.54) is 12.8 Å². The van der Waals surface area contributed by atoms with Gasteiger partial charge in [-0.15, -0.1) is 0 Å². The quantitative estimate of drug-likeness (QED) is 0.820. The number of nitrogens with two attached hydrogens (primary N) is 1. The van der Waals surface area contributed by atoms with Gasteiger partial charge in [-0.05, 0) is 12.8 Å². The average Bonchev–Trinajstić information content (AvgIpc) is 2.91. The van der Waals surface area contributed by atoms with E-state index < -0.39 is 6.10 Å². The lowest BCUT2D eigenvalue weighted by molar-refractivity contribution is 0.176. The lowest BCUT2D eigenvalue weighted by Gasteiger charge is -2.15. The van der Waals surface area contributed by atoms with Gasteiger partial charge in [0, 0.05) is 12.5 Å². The highest BCUT2D eigenvalue weighted by atomic mass is 16.5. The van der Waals surface area contributed by atoms with Gasteiger partial charge in [-0.2, -0.15) is 0 Å². The monoisotopic (exact) mass is 237 g/mol. The number of aliphatic hydroxyl groups excluding tert-OH is 1. The predicted molar refractivity (Wildman–Crippen MR) is 63.8 cm³/mol. The van der Waals surface area contributed by atoms with Crippen molar-refractivity contribution < 1.29 is 9.84 Å². The molecular formula is C12H19N3O2. The molecule has 5 nitrogen and oxygen atoms in total. The van der Waals surface area contributed by atoms with Gasteiger partial charge in [0.25, 0.3) is 0 Å². The van der Waals surface area contributed by atoms with E-state index in [9.17, 15) is 5.11 Å². The van der Waals surface area contributed by atoms with Crippen molar-refractivity contribution in [2.75, 3.05) is 13.7 Å². The third-order valence-electron chi connectivity index (χ3n) is 3.28. The van der Waals surface area contributed by atoms with Crippen molar-refractivity contribution in [1.82, 2.24) is 9.97 Å².